The topological polar surface area (TPSA) is 66.8 Å². The quantitative estimate of drug-likeness (QED) is 0.717. The predicted octanol–water partition coefficient (Wildman–Crippen LogP) is 1.39. The molecule has 2 atom stereocenters. The average molecular weight is 253 g/mol. The highest BCUT2D eigenvalue weighted by Crippen LogP contribution is 2.45. The van der Waals surface area contributed by atoms with E-state index in [0.717, 1.165) is 0 Å². The Balaban J connectivity index is 2.50. The third-order valence-corrected chi connectivity index (χ3v) is 3.56. The molecule has 0 saturated carbocycles. The third kappa shape index (κ3) is 1.50. The largest absolute Gasteiger partial charge is 0.509 e. The van der Waals surface area contributed by atoms with E-state index in [-0.39, 0.29) is 23.4 Å². The van der Waals surface area contributed by atoms with Gasteiger partial charge in [-0.3, -0.25) is 14.5 Å². The lowest BCUT2D eigenvalue weighted by Gasteiger charge is -2.36. The highest BCUT2D eigenvalue weighted by molar-refractivity contribution is 6.21. The first-order valence-electron chi connectivity index (χ1n) is 6.00. The SMILES string of the molecule is CC(=O)C1=C(O)[C@@]2(C)CO[C@H](C(C)(C)C)N2C1=O. The highest BCUT2D eigenvalue weighted by atomic mass is 16.5. The Morgan fingerprint density at radius 2 is 2.06 bits per heavy atom. The normalized spacial score (nSPS) is 32.2. The van der Waals surface area contributed by atoms with Crippen LogP contribution in [0.5, 0.6) is 0 Å². The summed E-state index contributed by atoms with van der Waals surface area (Å²) in [6.45, 7) is 9.10. The fraction of sp³-hybridized carbons (Fsp3) is 0.692. The van der Waals surface area contributed by atoms with Crippen molar-refractivity contribution in [2.45, 2.75) is 46.4 Å². The molecule has 1 saturated heterocycles. The number of hydrogen-bond donors (Lipinski definition) is 1. The van der Waals surface area contributed by atoms with E-state index < -0.39 is 23.5 Å². The number of aliphatic hydroxyl groups excluding tert-OH is 1. The number of rotatable bonds is 1. The molecule has 0 aromatic heterocycles. The van der Waals surface area contributed by atoms with E-state index in [4.69, 9.17) is 4.74 Å². The van der Waals surface area contributed by atoms with Crippen LogP contribution >= 0.6 is 0 Å². The van der Waals surface area contributed by atoms with Gasteiger partial charge in [-0.2, -0.15) is 0 Å². The Bertz CT molecular complexity index is 460. The molecule has 2 rings (SSSR count). The summed E-state index contributed by atoms with van der Waals surface area (Å²) in [4.78, 5) is 25.3. The summed E-state index contributed by atoms with van der Waals surface area (Å²) in [6, 6.07) is 0. The van der Waals surface area contributed by atoms with Crippen LogP contribution in [0.25, 0.3) is 0 Å². The smallest absolute Gasteiger partial charge is 0.263 e. The molecule has 100 valence electrons. The summed E-state index contributed by atoms with van der Waals surface area (Å²) in [5.41, 5.74) is -1.29. The van der Waals surface area contributed by atoms with Gasteiger partial charge in [0.05, 0.1) is 6.61 Å². The molecule has 2 aliphatic rings. The van der Waals surface area contributed by atoms with Crippen molar-refractivity contribution < 1.29 is 19.4 Å². The maximum absolute atomic E-state index is 12.3. The Morgan fingerprint density at radius 1 is 1.50 bits per heavy atom. The first-order chi connectivity index (χ1) is 8.10. The molecular weight excluding hydrogens is 234 g/mol. The van der Waals surface area contributed by atoms with Gasteiger partial charge in [-0.25, -0.2) is 0 Å². The average Bonchev–Trinajstić information content (AvgIpc) is 2.63. The molecular formula is C13H19NO4. The van der Waals surface area contributed by atoms with Gasteiger partial charge in [-0.1, -0.05) is 20.8 Å². The Kier molecular flexibility index (Phi) is 2.59. The number of carbonyl (C=O) groups excluding carboxylic acids is 2. The maximum atomic E-state index is 12.3. The van der Waals surface area contributed by atoms with Gasteiger partial charge in [-0.05, 0) is 13.8 Å². The molecule has 2 aliphatic heterocycles. The fourth-order valence-electron chi connectivity index (χ4n) is 2.60. The van der Waals surface area contributed by atoms with Crippen LogP contribution in [0.2, 0.25) is 0 Å². The maximum Gasteiger partial charge on any atom is 0.263 e. The van der Waals surface area contributed by atoms with Crippen molar-refractivity contribution in [3.63, 3.8) is 0 Å². The summed E-state index contributed by atoms with van der Waals surface area (Å²) in [6.07, 6.45) is -0.436. The van der Waals surface area contributed by atoms with Crippen LogP contribution in [0, 0.1) is 5.41 Å². The standard InChI is InChI=1S/C13H19NO4/c1-7(15)8-9(16)13(5)6-18-11(12(2,3)4)14(13)10(8)17/h11,16H,6H2,1-5H3/t11-,13-/m1/s1. The van der Waals surface area contributed by atoms with E-state index in [0.29, 0.717) is 0 Å². The van der Waals surface area contributed by atoms with Gasteiger partial charge in [0.1, 0.15) is 23.1 Å². The number of aliphatic hydroxyl groups is 1. The Morgan fingerprint density at radius 3 is 2.50 bits per heavy atom. The molecule has 0 aromatic rings. The van der Waals surface area contributed by atoms with Gasteiger partial charge in [0, 0.05) is 5.41 Å². The Hall–Kier alpha value is -1.36. The molecule has 0 unspecified atom stereocenters. The van der Waals surface area contributed by atoms with Crippen LogP contribution in [0.1, 0.15) is 34.6 Å². The van der Waals surface area contributed by atoms with E-state index in [9.17, 15) is 14.7 Å². The number of carbonyl (C=O) groups is 2. The number of nitrogens with zero attached hydrogens (tertiary/aromatic N) is 1. The molecule has 5 heteroatoms. The number of Topliss-reactive ketones (excluding diaryl/α,β-unsaturated/α-hetero) is 1. The van der Waals surface area contributed by atoms with Crippen LogP contribution in [0.3, 0.4) is 0 Å². The molecule has 1 amide bonds. The van der Waals surface area contributed by atoms with Gasteiger partial charge in [-0.15, -0.1) is 0 Å². The van der Waals surface area contributed by atoms with E-state index in [1.165, 1.54) is 11.8 Å². The zero-order valence-corrected chi connectivity index (χ0v) is 11.4. The lowest BCUT2D eigenvalue weighted by atomic mass is 9.92. The van der Waals surface area contributed by atoms with Gasteiger partial charge in [0.15, 0.2) is 5.78 Å². The van der Waals surface area contributed by atoms with E-state index in [2.05, 4.69) is 0 Å². The van der Waals surface area contributed by atoms with Crippen molar-refractivity contribution in [3.8, 4) is 0 Å². The fourth-order valence-corrected chi connectivity index (χ4v) is 2.60. The van der Waals surface area contributed by atoms with E-state index in [1.54, 1.807) is 6.92 Å². The third-order valence-electron chi connectivity index (χ3n) is 3.56. The van der Waals surface area contributed by atoms with Crippen LogP contribution in [-0.4, -0.2) is 40.1 Å². The highest BCUT2D eigenvalue weighted by Gasteiger charge is 2.59. The second-order valence-electron chi connectivity index (χ2n) is 6.26. The summed E-state index contributed by atoms with van der Waals surface area (Å²) in [5.74, 6) is -0.993. The molecule has 0 aliphatic carbocycles. The predicted molar refractivity (Wildman–Crippen MR) is 64.8 cm³/mol. The number of ketones is 1. The number of ether oxygens (including phenoxy) is 1. The lowest BCUT2D eigenvalue weighted by Crippen LogP contribution is -2.50. The molecule has 2 heterocycles. The molecule has 1 fully saturated rings. The molecule has 18 heavy (non-hydrogen) atoms. The van der Waals surface area contributed by atoms with Crippen molar-refractivity contribution >= 4 is 11.7 Å². The second-order valence-corrected chi connectivity index (χ2v) is 6.26. The van der Waals surface area contributed by atoms with Gasteiger partial charge in [0.2, 0.25) is 0 Å². The van der Waals surface area contributed by atoms with E-state index in [1.807, 2.05) is 20.8 Å². The van der Waals surface area contributed by atoms with Crippen LogP contribution in [-0.2, 0) is 14.3 Å². The molecule has 0 aromatic carbocycles. The summed E-state index contributed by atoms with van der Waals surface area (Å²) < 4.78 is 5.66. The van der Waals surface area contributed by atoms with E-state index >= 15 is 0 Å². The van der Waals surface area contributed by atoms with Crippen molar-refractivity contribution in [1.82, 2.24) is 4.90 Å². The first-order valence-corrected chi connectivity index (χ1v) is 6.00. The van der Waals surface area contributed by atoms with Crippen LogP contribution < -0.4 is 0 Å². The number of hydrogen-bond acceptors (Lipinski definition) is 4. The van der Waals surface area contributed by atoms with Gasteiger partial charge in [0.25, 0.3) is 5.91 Å². The lowest BCUT2D eigenvalue weighted by molar-refractivity contribution is -0.140. The van der Waals surface area contributed by atoms with Crippen molar-refractivity contribution in [2.75, 3.05) is 6.61 Å². The molecule has 1 N–H and O–H groups in total. The van der Waals surface area contributed by atoms with Crippen molar-refractivity contribution in [2.24, 2.45) is 5.41 Å². The number of amides is 1. The minimum atomic E-state index is -0.907. The summed E-state index contributed by atoms with van der Waals surface area (Å²) >= 11 is 0. The zero-order chi connectivity index (χ0) is 13.9. The molecule has 5 nitrogen and oxygen atoms in total. The second kappa shape index (κ2) is 3.57. The Labute approximate surface area is 106 Å². The minimum absolute atomic E-state index is 0.102. The molecule has 0 spiro atoms. The van der Waals surface area contributed by atoms with Crippen LogP contribution in [0.15, 0.2) is 11.3 Å². The van der Waals surface area contributed by atoms with Gasteiger partial charge >= 0.3 is 0 Å². The van der Waals surface area contributed by atoms with Crippen molar-refractivity contribution in [3.05, 3.63) is 11.3 Å². The number of fused-ring (bicyclic) bond motifs is 1. The van der Waals surface area contributed by atoms with Gasteiger partial charge < -0.3 is 9.84 Å². The summed E-state index contributed by atoms with van der Waals surface area (Å²) in [7, 11) is 0. The zero-order valence-electron chi connectivity index (χ0n) is 11.4. The minimum Gasteiger partial charge on any atom is -0.509 e. The van der Waals surface area contributed by atoms with Crippen LogP contribution in [0.4, 0.5) is 0 Å². The van der Waals surface area contributed by atoms with Crippen molar-refractivity contribution in [1.29, 1.82) is 0 Å². The molecule has 0 bridgehead atoms. The summed E-state index contributed by atoms with van der Waals surface area (Å²) in [5, 5.41) is 10.2. The first kappa shape index (κ1) is 13.1. The molecule has 0 radical (unpaired) electrons. The monoisotopic (exact) mass is 253 g/mol.